The molecule has 1 aliphatic heterocycles. The van der Waals surface area contributed by atoms with Gasteiger partial charge in [-0.25, -0.2) is 0 Å². The number of rotatable bonds is 3. The highest BCUT2D eigenvalue weighted by Crippen LogP contribution is 2.17. The predicted octanol–water partition coefficient (Wildman–Crippen LogP) is 1.60. The molecule has 4 nitrogen and oxygen atoms in total. The molecule has 0 bridgehead atoms. The standard InChI is InChI=1S/C12H20N4/c1-10-3-2-6-16(8-10)9-12-7-11(15-13)4-5-14-12/h4-5,7,10H,2-3,6,8-9,13H2,1H3,(H,14,15). The highest BCUT2D eigenvalue weighted by atomic mass is 15.2. The lowest BCUT2D eigenvalue weighted by Gasteiger charge is -2.30. The number of hydrazine groups is 1. The van der Waals surface area contributed by atoms with Crippen molar-refractivity contribution in [2.75, 3.05) is 18.5 Å². The Kier molecular flexibility index (Phi) is 3.74. The van der Waals surface area contributed by atoms with Gasteiger partial charge in [0, 0.05) is 19.3 Å². The SMILES string of the molecule is CC1CCCN(Cc2cc(NN)ccn2)C1. The minimum atomic E-state index is 0.810. The molecule has 0 spiro atoms. The van der Waals surface area contributed by atoms with E-state index in [4.69, 9.17) is 5.84 Å². The molecule has 1 atom stereocenters. The number of pyridine rings is 1. The molecule has 4 heteroatoms. The van der Waals surface area contributed by atoms with E-state index < -0.39 is 0 Å². The summed E-state index contributed by atoms with van der Waals surface area (Å²) < 4.78 is 0. The van der Waals surface area contributed by atoms with Crippen LogP contribution in [0.3, 0.4) is 0 Å². The van der Waals surface area contributed by atoms with Gasteiger partial charge in [-0.1, -0.05) is 6.92 Å². The van der Waals surface area contributed by atoms with Crippen LogP contribution in [0.1, 0.15) is 25.5 Å². The Morgan fingerprint density at radius 1 is 1.62 bits per heavy atom. The van der Waals surface area contributed by atoms with Crippen molar-refractivity contribution in [3.63, 3.8) is 0 Å². The number of piperidine rings is 1. The molecule has 0 amide bonds. The van der Waals surface area contributed by atoms with Gasteiger partial charge in [-0.15, -0.1) is 0 Å². The van der Waals surface area contributed by atoms with Crippen LogP contribution in [0.15, 0.2) is 18.3 Å². The first-order valence-corrected chi connectivity index (χ1v) is 5.92. The minimum Gasteiger partial charge on any atom is -0.324 e. The maximum absolute atomic E-state index is 5.38. The fourth-order valence-electron chi connectivity index (χ4n) is 2.31. The van der Waals surface area contributed by atoms with Gasteiger partial charge in [0.05, 0.1) is 11.4 Å². The zero-order valence-corrected chi connectivity index (χ0v) is 9.82. The molecule has 88 valence electrons. The fourth-order valence-corrected chi connectivity index (χ4v) is 2.31. The molecule has 2 heterocycles. The summed E-state index contributed by atoms with van der Waals surface area (Å²) in [6, 6.07) is 3.89. The summed E-state index contributed by atoms with van der Waals surface area (Å²) in [5.74, 6) is 6.19. The largest absolute Gasteiger partial charge is 0.324 e. The second kappa shape index (κ2) is 5.27. The predicted molar refractivity (Wildman–Crippen MR) is 65.7 cm³/mol. The Bertz CT molecular complexity index is 340. The van der Waals surface area contributed by atoms with Crippen LogP contribution in [0.2, 0.25) is 0 Å². The molecule has 1 saturated heterocycles. The summed E-state index contributed by atoms with van der Waals surface area (Å²) in [5, 5.41) is 0. The van der Waals surface area contributed by atoms with E-state index in [2.05, 4.69) is 22.2 Å². The first-order chi connectivity index (χ1) is 7.78. The van der Waals surface area contributed by atoms with Gasteiger partial charge in [-0.3, -0.25) is 15.7 Å². The average molecular weight is 220 g/mol. The topological polar surface area (TPSA) is 54.2 Å². The lowest BCUT2D eigenvalue weighted by Crippen LogP contribution is -2.33. The van der Waals surface area contributed by atoms with E-state index >= 15 is 0 Å². The molecular weight excluding hydrogens is 200 g/mol. The smallest absolute Gasteiger partial charge is 0.0564 e. The lowest BCUT2D eigenvalue weighted by atomic mass is 10.0. The number of anilines is 1. The monoisotopic (exact) mass is 220 g/mol. The molecule has 1 aromatic rings. The second-order valence-corrected chi connectivity index (χ2v) is 4.66. The normalized spacial score (nSPS) is 22.0. The molecule has 3 N–H and O–H groups in total. The van der Waals surface area contributed by atoms with Crippen LogP contribution in [0.5, 0.6) is 0 Å². The van der Waals surface area contributed by atoms with Crippen molar-refractivity contribution in [1.29, 1.82) is 0 Å². The van der Waals surface area contributed by atoms with Crippen LogP contribution in [0.4, 0.5) is 5.69 Å². The van der Waals surface area contributed by atoms with E-state index in [1.807, 2.05) is 12.1 Å². The van der Waals surface area contributed by atoms with Crippen molar-refractivity contribution in [1.82, 2.24) is 9.88 Å². The van der Waals surface area contributed by atoms with Crippen LogP contribution in [-0.4, -0.2) is 23.0 Å². The summed E-state index contributed by atoms with van der Waals surface area (Å²) in [6.07, 6.45) is 4.46. The van der Waals surface area contributed by atoms with E-state index in [1.54, 1.807) is 6.20 Å². The minimum absolute atomic E-state index is 0.810. The zero-order chi connectivity index (χ0) is 11.4. The van der Waals surface area contributed by atoms with Crippen molar-refractivity contribution in [3.05, 3.63) is 24.0 Å². The number of nitrogens with one attached hydrogen (secondary N) is 1. The number of nitrogen functional groups attached to an aromatic ring is 1. The molecule has 0 saturated carbocycles. The molecule has 1 aliphatic rings. The average Bonchev–Trinajstić information content (AvgIpc) is 2.29. The van der Waals surface area contributed by atoms with Gasteiger partial charge in [-0.2, -0.15) is 0 Å². The molecule has 0 aliphatic carbocycles. The Morgan fingerprint density at radius 3 is 3.25 bits per heavy atom. The third-order valence-electron chi connectivity index (χ3n) is 3.11. The number of hydrogen-bond donors (Lipinski definition) is 2. The summed E-state index contributed by atoms with van der Waals surface area (Å²) in [6.45, 7) is 5.62. The first kappa shape index (κ1) is 11.4. The highest BCUT2D eigenvalue weighted by Gasteiger charge is 2.16. The Hall–Kier alpha value is -1.13. The molecule has 0 aromatic carbocycles. The molecule has 2 rings (SSSR count). The van der Waals surface area contributed by atoms with Gasteiger partial charge >= 0.3 is 0 Å². The van der Waals surface area contributed by atoms with E-state index in [0.29, 0.717) is 0 Å². The zero-order valence-electron chi connectivity index (χ0n) is 9.82. The Labute approximate surface area is 96.8 Å². The van der Waals surface area contributed by atoms with Crippen molar-refractivity contribution in [2.45, 2.75) is 26.3 Å². The summed E-state index contributed by atoms with van der Waals surface area (Å²) >= 11 is 0. The number of hydrogen-bond acceptors (Lipinski definition) is 4. The van der Waals surface area contributed by atoms with E-state index in [1.165, 1.54) is 25.9 Å². The number of likely N-dealkylation sites (tertiary alicyclic amines) is 1. The third kappa shape index (κ3) is 2.93. The number of nitrogens with two attached hydrogens (primary N) is 1. The molecule has 1 fully saturated rings. The van der Waals surface area contributed by atoms with Gasteiger partial charge in [0.25, 0.3) is 0 Å². The van der Waals surface area contributed by atoms with Gasteiger partial charge < -0.3 is 5.43 Å². The van der Waals surface area contributed by atoms with Crippen LogP contribution in [-0.2, 0) is 6.54 Å². The summed E-state index contributed by atoms with van der Waals surface area (Å²) in [4.78, 5) is 6.84. The maximum Gasteiger partial charge on any atom is 0.0564 e. The van der Waals surface area contributed by atoms with E-state index in [-0.39, 0.29) is 0 Å². The van der Waals surface area contributed by atoms with Crippen LogP contribution in [0.25, 0.3) is 0 Å². The Balaban J connectivity index is 1.97. The second-order valence-electron chi connectivity index (χ2n) is 4.66. The Morgan fingerprint density at radius 2 is 2.50 bits per heavy atom. The molecule has 16 heavy (non-hydrogen) atoms. The molecule has 1 unspecified atom stereocenters. The van der Waals surface area contributed by atoms with Crippen LogP contribution < -0.4 is 11.3 Å². The van der Waals surface area contributed by atoms with Crippen LogP contribution in [0, 0.1) is 5.92 Å². The van der Waals surface area contributed by atoms with E-state index in [9.17, 15) is 0 Å². The maximum atomic E-state index is 5.38. The lowest BCUT2D eigenvalue weighted by molar-refractivity contribution is 0.175. The number of nitrogens with zero attached hydrogens (tertiary/aromatic N) is 2. The summed E-state index contributed by atoms with van der Waals surface area (Å²) in [5.41, 5.74) is 4.67. The molecule has 0 radical (unpaired) electrons. The van der Waals surface area contributed by atoms with Crippen LogP contribution >= 0.6 is 0 Å². The van der Waals surface area contributed by atoms with Gasteiger partial charge in [-0.05, 0) is 37.4 Å². The summed E-state index contributed by atoms with van der Waals surface area (Å²) in [7, 11) is 0. The van der Waals surface area contributed by atoms with Crippen molar-refractivity contribution >= 4 is 5.69 Å². The van der Waals surface area contributed by atoms with Gasteiger partial charge in [0.15, 0.2) is 0 Å². The highest BCUT2D eigenvalue weighted by molar-refractivity contribution is 5.41. The van der Waals surface area contributed by atoms with Gasteiger partial charge in [0.2, 0.25) is 0 Å². The van der Waals surface area contributed by atoms with Crippen molar-refractivity contribution < 1.29 is 0 Å². The van der Waals surface area contributed by atoms with Crippen molar-refractivity contribution in [3.8, 4) is 0 Å². The fraction of sp³-hybridized carbons (Fsp3) is 0.583. The molecule has 1 aromatic heterocycles. The first-order valence-electron chi connectivity index (χ1n) is 5.92. The van der Waals surface area contributed by atoms with E-state index in [0.717, 1.165) is 23.8 Å². The van der Waals surface area contributed by atoms with Gasteiger partial charge in [0.1, 0.15) is 0 Å². The van der Waals surface area contributed by atoms with Crippen molar-refractivity contribution in [2.24, 2.45) is 11.8 Å². The third-order valence-corrected chi connectivity index (χ3v) is 3.11. The molecular formula is C12H20N4. The number of aromatic nitrogens is 1. The quantitative estimate of drug-likeness (QED) is 0.600.